The Hall–Kier alpha value is -0.500. The molecule has 1 rings (SSSR count). The summed E-state index contributed by atoms with van der Waals surface area (Å²) in [6.45, 7) is 7.34. The van der Waals surface area contributed by atoms with Gasteiger partial charge in [-0.2, -0.15) is 0 Å². The van der Waals surface area contributed by atoms with Crippen molar-refractivity contribution in [2.24, 2.45) is 5.92 Å². The van der Waals surface area contributed by atoms with Gasteiger partial charge in [-0.05, 0) is 25.0 Å². The minimum Gasteiger partial charge on any atom is -0.484 e. The molecular formula is C10H16OS. The fourth-order valence-electron chi connectivity index (χ4n) is 0.832. The van der Waals surface area contributed by atoms with Crippen molar-refractivity contribution < 1.29 is 4.74 Å². The first-order chi connectivity index (χ1) is 5.72. The Bertz CT molecular complexity index is 229. The molecule has 0 amide bonds. The first-order valence-electron chi connectivity index (χ1n) is 4.41. The van der Waals surface area contributed by atoms with Crippen LogP contribution in [0.2, 0.25) is 0 Å². The fourth-order valence-corrected chi connectivity index (χ4v) is 1.55. The average molecular weight is 184 g/mol. The van der Waals surface area contributed by atoms with Crippen molar-refractivity contribution in [3.8, 4) is 5.06 Å². The van der Waals surface area contributed by atoms with E-state index < -0.39 is 0 Å². The fraction of sp³-hybridized carbons (Fsp3) is 0.600. The zero-order valence-corrected chi connectivity index (χ0v) is 8.78. The summed E-state index contributed by atoms with van der Waals surface area (Å²) in [5, 5.41) is 1.05. The third-order valence-corrected chi connectivity index (χ3v) is 2.84. The monoisotopic (exact) mass is 184 g/mol. The molecule has 1 unspecified atom stereocenters. The molecule has 0 N–H and O–H groups in total. The molecule has 1 nitrogen and oxygen atoms in total. The number of ether oxygens (including phenoxy) is 1. The van der Waals surface area contributed by atoms with Gasteiger partial charge in [-0.1, -0.05) is 20.3 Å². The maximum atomic E-state index is 5.60. The van der Waals surface area contributed by atoms with Crippen molar-refractivity contribution in [3.05, 3.63) is 17.0 Å². The van der Waals surface area contributed by atoms with Crippen molar-refractivity contribution >= 4 is 11.3 Å². The molecule has 0 saturated carbocycles. The van der Waals surface area contributed by atoms with E-state index in [2.05, 4.69) is 26.8 Å². The van der Waals surface area contributed by atoms with Crippen molar-refractivity contribution in [1.82, 2.24) is 0 Å². The Labute approximate surface area is 78.4 Å². The number of aryl methyl sites for hydroxylation is 1. The van der Waals surface area contributed by atoms with E-state index in [0.717, 1.165) is 11.7 Å². The highest BCUT2D eigenvalue weighted by molar-refractivity contribution is 7.13. The lowest BCUT2D eigenvalue weighted by Crippen LogP contribution is -2.06. The summed E-state index contributed by atoms with van der Waals surface area (Å²) in [6, 6.07) is 4.14. The Morgan fingerprint density at radius 1 is 1.50 bits per heavy atom. The normalized spacial score (nSPS) is 12.9. The summed E-state index contributed by atoms with van der Waals surface area (Å²) < 4.78 is 5.60. The lowest BCUT2D eigenvalue weighted by atomic mass is 10.1. The smallest absolute Gasteiger partial charge is 0.173 e. The Balaban J connectivity index is 2.33. The second kappa shape index (κ2) is 4.51. The lowest BCUT2D eigenvalue weighted by Gasteiger charge is -2.08. The SMILES string of the molecule is CCC(C)COc1ccc(C)s1. The van der Waals surface area contributed by atoms with Crippen LogP contribution in [0.5, 0.6) is 5.06 Å². The molecule has 0 saturated heterocycles. The average Bonchev–Trinajstić information content (AvgIpc) is 2.47. The zero-order valence-electron chi connectivity index (χ0n) is 7.96. The highest BCUT2D eigenvalue weighted by Crippen LogP contribution is 2.23. The zero-order chi connectivity index (χ0) is 8.97. The third-order valence-electron chi connectivity index (χ3n) is 1.92. The van der Waals surface area contributed by atoms with Crippen molar-refractivity contribution in [1.29, 1.82) is 0 Å². The van der Waals surface area contributed by atoms with E-state index in [1.54, 1.807) is 11.3 Å². The first kappa shape index (κ1) is 9.59. The molecule has 0 fully saturated rings. The largest absolute Gasteiger partial charge is 0.484 e. The number of hydrogen-bond donors (Lipinski definition) is 0. The van der Waals surface area contributed by atoms with Crippen LogP contribution in [0.1, 0.15) is 25.1 Å². The van der Waals surface area contributed by atoms with E-state index in [-0.39, 0.29) is 0 Å². The van der Waals surface area contributed by atoms with Crippen LogP contribution in [0, 0.1) is 12.8 Å². The van der Waals surface area contributed by atoms with Gasteiger partial charge in [-0.25, -0.2) is 0 Å². The molecule has 1 atom stereocenters. The lowest BCUT2D eigenvalue weighted by molar-refractivity contribution is 0.263. The van der Waals surface area contributed by atoms with E-state index in [9.17, 15) is 0 Å². The van der Waals surface area contributed by atoms with Crippen LogP contribution in [-0.2, 0) is 0 Å². The topological polar surface area (TPSA) is 9.23 Å². The van der Waals surface area contributed by atoms with Crippen molar-refractivity contribution in [2.45, 2.75) is 27.2 Å². The third kappa shape index (κ3) is 2.86. The van der Waals surface area contributed by atoms with Gasteiger partial charge in [0, 0.05) is 4.88 Å². The van der Waals surface area contributed by atoms with Crippen LogP contribution in [0.15, 0.2) is 12.1 Å². The molecule has 1 aromatic heterocycles. The Kier molecular flexibility index (Phi) is 3.60. The van der Waals surface area contributed by atoms with Gasteiger partial charge in [0.2, 0.25) is 0 Å². The second-order valence-electron chi connectivity index (χ2n) is 3.19. The molecule has 0 aliphatic carbocycles. The molecule has 0 aliphatic rings. The minimum absolute atomic E-state index is 0.660. The van der Waals surface area contributed by atoms with Gasteiger partial charge in [0.05, 0.1) is 6.61 Å². The van der Waals surface area contributed by atoms with Crippen LogP contribution in [-0.4, -0.2) is 6.61 Å². The summed E-state index contributed by atoms with van der Waals surface area (Å²) in [4.78, 5) is 1.31. The molecule has 12 heavy (non-hydrogen) atoms. The standard InChI is InChI=1S/C10H16OS/c1-4-8(2)7-11-10-6-5-9(3)12-10/h5-6,8H,4,7H2,1-3H3. The van der Waals surface area contributed by atoms with Crippen molar-refractivity contribution in [2.75, 3.05) is 6.61 Å². The molecule has 0 spiro atoms. The van der Waals surface area contributed by atoms with Crippen LogP contribution in [0.4, 0.5) is 0 Å². The maximum Gasteiger partial charge on any atom is 0.173 e. The number of thiophene rings is 1. The van der Waals surface area contributed by atoms with E-state index in [1.165, 1.54) is 11.3 Å². The highest BCUT2D eigenvalue weighted by atomic mass is 32.1. The summed E-state index contributed by atoms with van der Waals surface area (Å²) in [6.07, 6.45) is 1.18. The van der Waals surface area contributed by atoms with E-state index in [1.807, 2.05) is 6.07 Å². The quantitative estimate of drug-likeness (QED) is 0.696. The molecule has 1 aromatic rings. The van der Waals surface area contributed by atoms with Gasteiger partial charge in [0.15, 0.2) is 5.06 Å². The predicted molar refractivity (Wildman–Crippen MR) is 54.0 cm³/mol. The van der Waals surface area contributed by atoms with Crippen molar-refractivity contribution in [3.63, 3.8) is 0 Å². The molecule has 2 heteroatoms. The summed E-state index contributed by atoms with van der Waals surface area (Å²) in [5.74, 6) is 0.660. The van der Waals surface area contributed by atoms with Gasteiger partial charge in [0.25, 0.3) is 0 Å². The summed E-state index contributed by atoms with van der Waals surface area (Å²) in [7, 11) is 0. The second-order valence-corrected chi connectivity index (χ2v) is 4.44. The van der Waals surface area contributed by atoms with Crippen LogP contribution in [0.3, 0.4) is 0 Å². The number of hydrogen-bond acceptors (Lipinski definition) is 2. The molecule has 0 bridgehead atoms. The van der Waals surface area contributed by atoms with Gasteiger partial charge in [0.1, 0.15) is 0 Å². The molecule has 0 radical (unpaired) electrons. The van der Waals surface area contributed by atoms with Gasteiger partial charge in [-0.15, -0.1) is 11.3 Å². The van der Waals surface area contributed by atoms with E-state index in [0.29, 0.717) is 5.92 Å². The predicted octanol–water partition coefficient (Wildman–Crippen LogP) is 3.48. The Morgan fingerprint density at radius 2 is 2.25 bits per heavy atom. The van der Waals surface area contributed by atoms with E-state index in [4.69, 9.17) is 4.74 Å². The Morgan fingerprint density at radius 3 is 2.75 bits per heavy atom. The molecule has 0 aromatic carbocycles. The minimum atomic E-state index is 0.660. The molecule has 0 aliphatic heterocycles. The molecular weight excluding hydrogens is 168 g/mol. The summed E-state index contributed by atoms with van der Waals surface area (Å²) >= 11 is 1.72. The maximum absolute atomic E-state index is 5.60. The summed E-state index contributed by atoms with van der Waals surface area (Å²) in [5.41, 5.74) is 0. The van der Waals surface area contributed by atoms with E-state index >= 15 is 0 Å². The van der Waals surface area contributed by atoms with Gasteiger partial charge < -0.3 is 4.74 Å². The highest BCUT2D eigenvalue weighted by Gasteiger charge is 2.01. The first-order valence-corrected chi connectivity index (χ1v) is 5.23. The van der Waals surface area contributed by atoms with Crippen LogP contribution in [0.25, 0.3) is 0 Å². The molecule has 68 valence electrons. The number of rotatable bonds is 4. The van der Waals surface area contributed by atoms with Gasteiger partial charge >= 0.3 is 0 Å². The van der Waals surface area contributed by atoms with Crippen LogP contribution >= 0.6 is 11.3 Å². The molecule has 1 heterocycles. The van der Waals surface area contributed by atoms with Crippen LogP contribution < -0.4 is 4.74 Å². The van der Waals surface area contributed by atoms with Gasteiger partial charge in [-0.3, -0.25) is 0 Å².